The van der Waals surface area contributed by atoms with E-state index in [0.717, 1.165) is 45.2 Å². The Bertz CT molecular complexity index is 576. The molecule has 0 N–H and O–H groups in total. The maximum Gasteiger partial charge on any atom is 0.120 e. The molecule has 0 unspecified atom stereocenters. The van der Waals surface area contributed by atoms with Gasteiger partial charge in [-0.1, -0.05) is 29.8 Å². The molecule has 0 spiro atoms. The number of rotatable bonds is 4. The van der Waals surface area contributed by atoms with Gasteiger partial charge in [-0.15, -0.1) is 0 Å². The van der Waals surface area contributed by atoms with Gasteiger partial charge in [-0.05, 0) is 29.8 Å². The highest BCUT2D eigenvalue weighted by Crippen LogP contribution is 2.21. The summed E-state index contributed by atoms with van der Waals surface area (Å²) in [5.41, 5.74) is 1.29. The van der Waals surface area contributed by atoms with Crippen LogP contribution in [0.25, 0.3) is 10.8 Å². The number of fused-ring (bicyclic) bond motifs is 1. The lowest BCUT2D eigenvalue weighted by atomic mass is 10.1. The minimum absolute atomic E-state index is 0.734. The van der Waals surface area contributed by atoms with Gasteiger partial charge in [0, 0.05) is 19.6 Å². The maximum absolute atomic E-state index is 5.86. The second kappa shape index (κ2) is 6.25. The Labute approximate surface area is 120 Å². The summed E-state index contributed by atoms with van der Waals surface area (Å²) in [6, 6.07) is 12.8. The lowest BCUT2D eigenvalue weighted by Crippen LogP contribution is -2.38. The molecule has 2 aromatic carbocycles. The van der Waals surface area contributed by atoms with Crippen LogP contribution in [-0.4, -0.2) is 44.4 Å². The van der Waals surface area contributed by atoms with Crippen LogP contribution in [0.1, 0.15) is 5.56 Å². The van der Waals surface area contributed by atoms with E-state index in [4.69, 9.17) is 9.47 Å². The van der Waals surface area contributed by atoms with E-state index in [-0.39, 0.29) is 0 Å². The summed E-state index contributed by atoms with van der Waals surface area (Å²) >= 11 is 0. The van der Waals surface area contributed by atoms with Crippen molar-refractivity contribution in [1.29, 1.82) is 0 Å². The highest BCUT2D eigenvalue weighted by atomic mass is 16.5. The molecule has 2 aromatic rings. The Morgan fingerprint density at radius 1 is 1.05 bits per heavy atom. The molecule has 3 heteroatoms. The van der Waals surface area contributed by atoms with Crippen molar-refractivity contribution >= 4 is 10.8 Å². The van der Waals surface area contributed by atoms with E-state index in [9.17, 15) is 0 Å². The molecule has 0 aliphatic carbocycles. The normalized spacial score (nSPS) is 16.4. The minimum Gasteiger partial charge on any atom is -0.492 e. The smallest absolute Gasteiger partial charge is 0.120 e. The molecule has 3 nitrogen and oxygen atoms in total. The molecule has 1 heterocycles. The van der Waals surface area contributed by atoms with Crippen LogP contribution in [0, 0.1) is 6.92 Å². The molecule has 20 heavy (non-hydrogen) atoms. The predicted octanol–water partition coefficient (Wildman–Crippen LogP) is 2.86. The number of aryl methyl sites for hydroxylation is 1. The average Bonchev–Trinajstić information content (AvgIpc) is 2.48. The van der Waals surface area contributed by atoms with Crippen LogP contribution in [0.5, 0.6) is 5.75 Å². The molecule has 0 atom stereocenters. The zero-order valence-electron chi connectivity index (χ0n) is 12.0. The molecular formula is C17H21NO2. The molecule has 3 rings (SSSR count). The van der Waals surface area contributed by atoms with Gasteiger partial charge in [0.2, 0.25) is 0 Å². The summed E-state index contributed by atoms with van der Waals surface area (Å²) in [5, 5.41) is 2.50. The van der Waals surface area contributed by atoms with Gasteiger partial charge >= 0.3 is 0 Å². The first kappa shape index (κ1) is 13.4. The van der Waals surface area contributed by atoms with Crippen LogP contribution in [0.15, 0.2) is 36.4 Å². The number of morpholine rings is 1. The number of nitrogens with zero attached hydrogens (tertiary/aromatic N) is 1. The molecule has 0 bridgehead atoms. The molecular weight excluding hydrogens is 250 g/mol. The monoisotopic (exact) mass is 271 g/mol. The summed E-state index contributed by atoms with van der Waals surface area (Å²) in [4.78, 5) is 2.38. The Morgan fingerprint density at radius 2 is 1.80 bits per heavy atom. The largest absolute Gasteiger partial charge is 0.492 e. The van der Waals surface area contributed by atoms with E-state index in [0.29, 0.717) is 0 Å². The van der Waals surface area contributed by atoms with E-state index < -0.39 is 0 Å². The summed E-state index contributed by atoms with van der Waals surface area (Å²) in [5.74, 6) is 0.953. The van der Waals surface area contributed by atoms with Crippen LogP contribution in [-0.2, 0) is 4.74 Å². The summed E-state index contributed by atoms with van der Waals surface area (Å²) in [6.07, 6.45) is 0. The number of ether oxygens (including phenoxy) is 2. The highest BCUT2D eigenvalue weighted by molar-refractivity contribution is 5.84. The fraction of sp³-hybridized carbons (Fsp3) is 0.412. The van der Waals surface area contributed by atoms with Gasteiger partial charge in [-0.25, -0.2) is 0 Å². The van der Waals surface area contributed by atoms with Crippen molar-refractivity contribution in [3.63, 3.8) is 0 Å². The van der Waals surface area contributed by atoms with Crippen molar-refractivity contribution in [3.8, 4) is 5.75 Å². The third-order valence-corrected chi connectivity index (χ3v) is 3.75. The molecule has 0 aromatic heterocycles. The van der Waals surface area contributed by atoms with Gasteiger partial charge in [0.15, 0.2) is 0 Å². The van der Waals surface area contributed by atoms with Crippen LogP contribution in [0.4, 0.5) is 0 Å². The van der Waals surface area contributed by atoms with Crippen molar-refractivity contribution in [2.75, 3.05) is 39.5 Å². The van der Waals surface area contributed by atoms with E-state index in [1.807, 2.05) is 0 Å². The van der Waals surface area contributed by atoms with Gasteiger partial charge in [-0.2, -0.15) is 0 Å². The van der Waals surface area contributed by atoms with Crippen molar-refractivity contribution in [3.05, 3.63) is 42.0 Å². The van der Waals surface area contributed by atoms with Crippen molar-refractivity contribution < 1.29 is 9.47 Å². The van der Waals surface area contributed by atoms with Crippen LogP contribution in [0.3, 0.4) is 0 Å². The van der Waals surface area contributed by atoms with Gasteiger partial charge in [0.1, 0.15) is 12.4 Å². The van der Waals surface area contributed by atoms with E-state index in [1.165, 1.54) is 16.3 Å². The maximum atomic E-state index is 5.86. The second-order valence-corrected chi connectivity index (χ2v) is 5.31. The Balaban J connectivity index is 1.58. The third-order valence-electron chi connectivity index (χ3n) is 3.75. The van der Waals surface area contributed by atoms with Crippen LogP contribution in [0.2, 0.25) is 0 Å². The summed E-state index contributed by atoms with van der Waals surface area (Å²) in [6.45, 7) is 7.53. The average molecular weight is 271 g/mol. The van der Waals surface area contributed by atoms with Gasteiger partial charge in [0.05, 0.1) is 13.2 Å². The molecule has 1 fully saturated rings. The first-order valence-electron chi connectivity index (χ1n) is 7.24. The third kappa shape index (κ3) is 3.30. The fourth-order valence-corrected chi connectivity index (χ4v) is 2.55. The first-order valence-corrected chi connectivity index (χ1v) is 7.24. The fourth-order valence-electron chi connectivity index (χ4n) is 2.55. The number of benzene rings is 2. The standard InChI is InChI=1S/C17H21NO2/c1-14-2-3-16-13-17(5-4-15(16)12-14)20-11-8-18-6-9-19-10-7-18/h2-5,12-13H,6-11H2,1H3. The molecule has 1 aliphatic rings. The van der Waals surface area contributed by atoms with Crippen LogP contribution < -0.4 is 4.74 Å². The molecule has 0 saturated carbocycles. The Kier molecular flexibility index (Phi) is 4.19. The summed E-state index contributed by atoms with van der Waals surface area (Å²) in [7, 11) is 0. The summed E-state index contributed by atoms with van der Waals surface area (Å²) < 4.78 is 11.2. The van der Waals surface area contributed by atoms with Crippen molar-refractivity contribution in [1.82, 2.24) is 4.90 Å². The molecule has 0 radical (unpaired) electrons. The van der Waals surface area contributed by atoms with E-state index in [1.54, 1.807) is 0 Å². The molecule has 106 valence electrons. The molecule has 1 saturated heterocycles. The number of hydrogen-bond acceptors (Lipinski definition) is 3. The predicted molar refractivity (Wildman–Crippen MR) is 81.4 cm³/mol. The Morgan fingerprint density at radius 3 is 2.65 bits per heavy atom. The van der Waals surface area contributed by atoms with E-state index in [2.05, 4.69) is 48.2 Å². The zero-order valence-corrected chi connectivity index (χ0v) is 12.0. The van der Waals surface area contributed by atoms with E-state index >= 15 is 0 Å². The Hall–Kier alpha value is -1.58. The second-order valence-electron chi connectivity index (χ2n) is 5.31. The lowest BCUT2D eigenvalue weighted by molar-refractivity contribution is 0.0322. The molecule has 1 aliphatic heterocycles. The van der Waals surface area contributed by atoms with Gasteiger partial charge < -0.3 is 9.47 Å². The lowest BCUT2D eigenvalue weighted by Gasteiger charge is -2.26. The van der Waals surface area contributed by atoms with Gasteiger partial charge in [0.25, 0.3) is 0 Å². The van der Waals surface area contributed by atoms with Gasteiger partial charge in [-0.3, -0.25) is 4.90 Å². The van der Waals surface area contributed by atoms with Crippen molar-refractivity contribution in [2.24, 2.45) is 0 Å². The minimum atomic E-state index is 0.734. The van der Waals surface area contributed by atoms with Crippen LogP contribution >= 0.6 is 0 Å². The highest BCUT2D eigenvalue weighted by Gasteiger charge is 2.09. The SMILES string of the molecule is Cc1ccc2cc(OCCN3CCOCC3)ccc2c1. The number of hydrogen-bond donors (Lipinski definition) is 0. The zero-order chi connectivity index (χ0) is 13.8. The van der Waals surface area contributed by atoms with Crippen molar-refractivity contribution in [2.45, 2.75) is 6.92 Å². The quantitative estimate of drug-likeness (QED) is 0.853. The topological polar surface area (TPSA) is 21.7 Å². The molecule has 0 amide bonds. The first-order chi connectivity index (χ1) is 9.81.